The van der Waals surface area contributed by atoms with E-state index in [1.54, 1.807) is 0 Å². The van der Waals surface area contributed by atoms with Crippen molar-refractivity contribution >= 4 is 5.97 Å². The number of methoxy groups -OCH3 is 2. The topological polar surface area (TPSA) is 76.0 Å². The van der Waals surface area contributed by atoms with Gasteiger partial charge in [-0.3, -0.25) is 0 Å². The average Bonchev–Trinajstić information content (AvgIpc) is 2.23. The molecular weight excluding hydrogens is 200 g/mol. The highest BCUT2D eigenvalue weighted by molar-refractivity contribution is 5.95. The van der Waals surface area contributed by atoms with Crippen LogP contribution in [0.4, 0.5) is 0 Å². The van der Waals surface area contributed by atoms with Crippen molar-refractivity contribution in [1.29, 1.82) is 0 Å². The van der Waals surface area contributed by atoms with Gasteiger partial charge in [0.15, 0.2) is 11.5 Å². The molecule has 0 atom stereocenters. The van der Waals surface area contributed by atoms with Crippen molar-refractivity contribution in [3.05, 3.63) is 17.2 Å². The molecular formula is C10H12O5. The van der Waals surface area contributed by atoms with Crippen molar-refractivity contribution in [3.8, 4) is 17.2 Å². The summed E-state index contributed by atoms with van der Waals surface area (Å²) >= 11 is 0. The van der Waals surface area contributed by atoms with Crippen LogP contribution in [0, 0.1) is 6.92 Å². The molecule has 0 amide bonds. The maximum atomic E-state index is 11.3. The summed E-state index contributed by atoms with van der Waals surface area (Å²) in [5.74, 6) is -1.06. The number of hydrogen-bond acceptors (Lipinski definition) is 5. The second-order valence-electron chi connectivity index (χ2n) is 2.94. The molecule has 0 aliphatic heterocycles. The number of hydrogen-bond donors (Lipinski definition) is 2. The maximum Gasteiger partial charge on any atom is 0.342 e. The molecule has 1 rings (SSSR count). The highest BCUT2D eigenvalue weighted by atomic mass is 16.5. The van der Waals surface area contributed by atoms with Gasteiger partial charge in [0.2, 0.25) is 0 Å². The number of ether oxygens (including phenoxy) is 2. The SMILES string of the molecule is COC(=O)c1c(O)cc(OC)c(O)c1C. The Balaban J connectivity index is 3.42. The molecule has 5 nitrogen and oxygen atoms in total. The van der Waals surface area contributed by atoms with E-state index in [-0.39, 0.29) is 28.4 Å². The van der Waals surface area contributed by atoms with Crippen molar-refractivity contribution in [2.24, 2.45) is 0 Å². The third kappa shape index (κ3) is 1.81. The Labute approximate surface area is 86.9 Å². The zero-order chi connectivity index (χ0) is 11.6. The number of esters is 1. The third-order valence-electron chi connectivity index (χ3n) is 2.10. The number of phenols is 2. The first-order chi connectivity index (χ1) is 7.02. The van der Waals surface area contributed by atoms with E-state index in [2.05, 4.69) is 4.74 Å². The third-order valence-corrected chi connectivity index (χ3v) is 2.10. The number of carbonyl (C=O) groups excluding carboxylic acids is 1. The second kappa shape index (κ2) is 4.08. The molecule has 0 heterocycles. The molecule has 0 aliphatic carbocycles. The largest absolute Gasteiger partial charge is 0.507 e. The van der Waals surface area contributed by atoms with E-state index in [0.29, 0.717) is 0 Å². The van der Waals surface area contributed by atoms with Gasteiger partial charge in [-0.05, 0) is 6.92 Å². The van der Waals surface area contributed by atoms with Gasteiger partial charge in [-0.15, -0.1) is 0 Å². The van der Waals surface area contributed by atoms with Crippen LogP contribution in [0.3, 0.4) is 0 Å². The Morgan fingerprint density at radius 1 is 1.33 bits per heavy atom. The zero-order valence-electron chi connectivity index (χ0n) is 8.70. The number of carbonyl (C=O) groups is 1. The lowest BCUT2D eigenvalue weighted by molar-refractivity contribution is 0.0596. The minimum absolute atomic E-state index is 0.0594. The fourth-order valence-corrected chi connectivity index (χ4v) is 1.28. The van der Waals surface area contributed by atoms with E-state index in [0.717, 1.165) is 6.07 Å². The van der Waals surface area contributed by atoms with Gasteiger partial charge in [0.05, 0.1) is 14.2 Å². The van der Waals surface area contributed by atoms with E-state index in [1.807, 2.05) is 0 Å². The van der Waals surface area contributed by atoms with Crippen molar-refractivity contribution in [2.45, 2.75) is 6.92 Å². The first kappa shape index (κ1) is 11.2. The van der Waals surface area contributed by atoms with Gasteiger partial charge < -0.3 is 19.7 Å². The predicted octanol–water partition coefficient (Wildman–Crippen LogP) is 1.20. The standard InChI is InChI=1S/C10H12O5/c1-5-8(10(13)15-3)6(11)4-7(14-2)9(5)12/h4,11-12H,1-3H3. The highest BCUT2D eigenvalue weighted by Crippen LogP contribution is 2.37. The van der Waals surface area contributed by atoms with Crippen molar-refractivity contribution in [3.63, 3.8) is 0 Å². The van der Waals surface area contributed by atoms with Crippen LogP contribution in [0.1, 0.15) is 15.9 Å². The van der Waals surface area contributed by atoms with Crippen LogP contribution in [0.15, 0.2) is 6.07 Å². The number of rotatable bonds is 2. The van der Waals surface area contributed by atoms with Gasteiger partial charge >= 0.3 is 5.97 Å². The Hall–Kier alpha value is -1.91. The van der Waals surface area contributed by atoms with Crippen LogP contribution in [0.2, 0.25) is 0 Å². The summed E-state index contributed by atoms with van der Waals surface area (Å²) in [5, 5.41) is 19.1. The molecule has 0 radical (unpaired) electrons. The van der Waals surface area contributed by atoms with E-state index < -0.39 is 5.97 Å². The van der Waals surface area contributed by atoms with Crippen LogP contribution in [0.25, 0.3) is 0 Å². The van der Waals surface area contributed by atoms with E-state index in [1.165, 1.54) is 21.1 Å². The van der Waals surface area contributed by atoms with Gasteiger partial charge in [-0.1, -0.05) is 0 Å². The summed E-state index contributed by atoms with van der Waals surface area (Å²) in [7, 11) is 2.55. The molecule has 0 saturated carbocycles. The highest BCUT2D eigenvalue weighted by Gasteiger charge is 2.20. The summed E-state index contributed by atoms with van der Waals surface area (Å²) < 4.78 is 9.29. The molecule has 2 N–H and O–H groups in total. The summed E-state index contributed by atoms with van der Waals surface area (Å²) in [6.07, 6.45) is 0. The molecule has 15 heavy (non-hydrogen) atoms. The van der Waals surface area contributed by atoms with Gasteiger partial charge in [0, 0.05) is 11.6 Å². The summed E-state index contributed by atoms with van der Waals surface area (Å²) in [6, 6.07) is 1.16. The molecule has 0 aromatic heterocycles. The summed E-state index contributed by atoms with van der Waals surface area (Å²) in [5.41, 5.74) is 0.162. The van der Waals surface area contributed by atoms with Crippen LogP contribution in [0.5, 0.6) is 17.2 Å². The summed E-state index contributed by atoms with van der Waals surface area (Å²) in [4.78, 5) is 11.3. The number of benzene rings is 1. The monoisotopic (exact) mass is 212 g/mol. The van der Waals surface area contributed by atoms with Gasteiger partial charge in [0.1, 0.15) is 11.3 Å². The summed E-state index contributed by atoms with van der Waals surface area (Å²) in [6.45, 7) is 1.49. The molecule has 1 aromatic carbocycles. The lowest BCUT2D eigenvalue weighted by Gasteiger charge is -2.11. The predicted molar refractivity (Wildman–Crippen MR) is 52.4 cm³/mol. The van der Waals surface area contributed by atoms with Crippen LogP contribution in [-0.2, 0) is 4.74 Å². The fourth-order valence-electron chi connectivity index (χ4n) is 1.28. The molecule has 0 spiro atoms. The maximum absolute atomic E-state index is 11.3. The van der Waals surface area contributed by atoms with Crippen LogP contribution < -0.4 is 4.74 Å². The van der Waals surface area contributed by atoms with E-state index in [4.69, 9.17) is 4.74 Å². The minimum Gasteiger partial charge on any atom is -0.507 e. The smallest absolute Gasteiger partial charge is 0.342 e. The quantitative estimate of drug-likeness (QED) is 0.569. The molecule has 0 saturated heterocycles. The normalized spacial score (nSPS) is 9.80. The molecule has 0 fully saturated rings. The van der Waals surface area contributed by atoms with E-state index >= 15 is 0 Å². The van der Waals surface area contributed by atoms with Crippen LogP contribution >= 0.6 is 0 Å². The second-order valence-corrected chi connectivity index (χ2v) is 2.94. The first-order valence-corrected chi connectivity index (χ1v) is 4.20. The van der Waals surface area contributed by atoms with Crippen molar-refractivity contribution in [2.75, 3.05) is 14.2 Å². The van der Waals surface area contributed by atoms with E-state index in [9.17, 15) is 15.0 Å². The molecule has 82 valence electrons. The molecule has 0 aliphatic rings. The Kier molecular flexibility index (Phi) is 3.04. The fraction of sp³-hybridized carbons (Fsp3) is 0.300. The first-order valence-electron chi connectivity index (χ1n) is 4.20. The van der Waals surface area contributed by atoms with Gasteiger partial charge in [-0.2, -0.15) is 0 Å². The minimum atomic E-state index is -0.706. The lowest BCUT2D eigenvalue weighted by atomic mass is 10.1. The Morgan fingerprint density at radius 3 is 2.40 bits per heavy atom. The van der Waals surface area contributed by atoms with Crippen molar-refractivity contribution < 1.29 is 24.5 Å². The zero-order valence-corrected chi connectivity index (χ0v) is 8.70. The lowest BCUT2D eigenvalue weighted by Crippen LogP contribution is -2.05. The molecule has 0 unspecified atom stereocenters. The van der Waals surface area contributed by atoms with Crippen molar-refractivity contribution in [1.82, 2.24) is 0 Å². The van der Waals surface area contributed by atoms with Crippen LogP contribution in [-0.4, -0.2) is 30.4 Å². The Bertz CT molecular complexity index is 397. The molecule has 1 aromatic rings. The van der Waals surface area contributed by atoms with Gasteiger partial charge in [0.25, 0.3) is 0 Å². The molecule has 0 bridgehead atoms. The average molecular weight is 212 g/mol. The molecule has 5 heteroatoms. The van der Waals surface area contributed by atoms with Gasteiger partial charge in [-0.25, -0.2) is 4.79 Å². The Morgan fingerprint density at radius 2 is 1.93 bits per heavy atom. The number of phenolic OH excluding ortho intramolecular Hbond substituents is 2. The number of aromatic hydroxyl groups is 2.